The first-order chi connectivity index (χ1) is 16.9. The Morgan fingerprint density at radius 3 is 1.00 bits per heavy atom. The minimum Gasteiger partial charge on any atom is -0.499 e. The van der Waals surface area contributed by atoms with Gasteiger partial charge in [0.1, 0.15) is 6.61 Å². The summed E-state index contributed by atoms with van der Waals surface area (Å²) in [7, 11) is 0. The SMILES string of the molecule is C=COCCOCCOCCOCCOCCOCCOCCOCCOCCCCCCC. The Labute approximate surface area is 207 Å². The van der Waals surface area contributed by atoms with Crippen LogP contribution in [0.3, 0.4) is 0 Å². The molecule has 0 N–H and O–H groups in total. The fourth-order valence-corrected chi connectivity index (χ4v) is 2.64. The van der Waals surface area contributed by atoms with Crippen LogP contribution in [0.5, 0.6) is 0 Å². The van der Waals surface area contributed by atoms with E-state index in [0.29, 0.717) is 106 Å². The molecule has 0 aliphatic carbocycles. The van der Waals surface area contributed by atoms with Gasteiger partial charge in [-0.3, -0.25) is 0 Å². The second kappa shape index (κ2) is 32.2. The van der Waals surface area contributed by atoms with Crippen LogP contribution in [0.2, 0.25) is 0 Å². The molecule has 0 spiro atoms. The zero-order chi connectivity index (χ0) is 24.6. The lowest BCUT2D eigenvalue weighted by Gasteiger charge is -2.08. The largest absolute Gasteiger partial charge is 0.499 e. The van der Waals surface area contributed by atoms with E-state index < -0.39 is 0 Å². The van der Waals surface area contributed by atoms with Crippen molar-refractivity contribution in [1.82, 2.24) is 0 Å². The third kappa shape index (κ3) is 31.2. The number of unbranched alkanes of at least 4 members (excludes halogenated alkanes) is 4. The van der Waals surface area contributed by atoms with Crippen LogP contribution in [0.15, 0.2) is 12.8 Å². The molecule has 0 atom stereocenters. The molecule has 0 aromatic rings. The molecule has 0 saturated heterocycles. The number of ether oxygens (including phenoxy) is 9. The highest BCUT2D eigenvalue weighted by atomic mass is 16.6. The topological polar surface area (TPSA) is 83.1 Å². The maximum Gasteiger partial charge on any atom is 0.111 e. The van der Waals surface area contributed by atoms with Crippen LogP contribution in [-0.2, 0) is 42.6 Å². The predicted octanol–water partition coefficient (Wildman–Crippen LogP) is 3.25. The van der Waals surface area contributed by atoms with Crippen LogP contribution >= 0.6 is 0 Å². The fraction of sp³-hybridized carbons (Fsp3) is 0.920. The minimum absolute atomic E-state index is 0.511. The molecule has 0 aliphatic heterocycles. The van der Waals surface area contributed by atoms with Crippen LogP contribution in [0.25, 0.3) is 0 Å². The molecule has 9 nitrogen and oxygen atoms in total. The highest BCUT2D eigenvalue weighted by Crippen LogP contribution is 2.02. The quantitative estimate of drug-likeness (QED) is 0.107. The van der Waals surface area contributed by atoms with E-state index in [1.165, 1.54) is 31.9 Å². The van der Waals surface area contributed by atoms with Gasteiger partial charge in [0.15, 0.2) is 0 Å². The zero-order valence-electron chi connectivity index (χ0n) is 21.5. The van der Waals surface area contributed by atoms with Crippen LogP contribution in [0.1, 0.15) is 39.0 Å². The lowest BCUT2D eigenvalue weighted by Crippen LogP contribution is -2.15. The normalized spacial score (nSPS) is 11.2. The highest BCUT2D eigenvalue weighted by Gasteiger charge is 1.95. The molecule has 0 unspecified atom stereocenters. The summed E-state index contributed by atoms with van der Waals surface area (Å²) in [5.74, 6) is 0. The van der Waals surface area contributed by atoms with E-state index in [9.17, 15) is 0 Å². The first-order valence-electron chi connectivity index (χ1n) is 12.8. The summed E-state index contributed by atoms with van der Waals surface area (Å²) >= 11 is 0. The van der Waals surface area contributed by atoms with Crippen molar-refractivity contribution >= 4 is 0 Å². The Morgan fingerprint density at radius 1 is 0.382 bits per heavy atom. The second-order valence-electron chi connectivity index (χ2n) is 7.35. The second-order valence-corrected chi connectivity index (χ2v) is 7.35. The van der Waals surface area contributed by atoms with Crippen LogP contribution in [0.4, 0.5) is 0 Å². The van der Waals surface area contributed by atoms with Crippen LogP contribution in [0, 0.1) is 0 Å². The van der Waals surface area contributed by atoms with Gasteiger partial charge in [0.2, 0.25) is 0 Å². The standard InChI is InChI=1S/C25H50O9/c1-3-5-6-7-8-9-27-12-13-29-16-17-31-20-21-33-24-25-34-23-22-32-19-18-30-15-14-28-11-10-26-4-2/h4H,2-3,5-25H2,1H3. The average molecular weight is 495 g/mol. The van der Waals surface area contributed by atoms with Crippen molar-refractivity contribution in [3.63, 3.8) is 0 Å². The number of hydrogen-bond donors (Lipinski definition) is 0. The first-order valence-corrected chi connectivity index (χ1v) is 12.8. The summed E-state index contributed by atoms with van der Waals surface area (Å²) in [5.41, 5.74) is 0. The smallest absolute Gasteiger partial charge is 0.111 e. The maximum atomic E-state index is 5.54. The summed E-state index contributed by atoms with van der Waals surface area (Å²) < 4.78 is 48.5. The molecule has 0 saturated carbocycles. The molecule has 0 fully saturated rings. The van der Waals surface area contributed by atoms with Gasteiger partial charge in [-0.15, -0.1) is 0 Å². The Hall–Kier alpha value is -0.780. The van der Waals surface area contributed by atoms with Crippen molar-refractivity contribution in [3.8, 4) is 0 Å². The van der Waals surface area contributed by atoms with Gasteiger partial charge in [-0.25, -0.2) is 0 Å². The summed E-state index contributed by atoms with van der Waals surface area (Å²) in [4.78, 5) is 0. The molecule has 0 rings (SSSR count). The molecule has 0 aromatic heterocycles. The summed E-state index contributed by atoms with van der Waals surface area (Å²) in [5, 5.41) is 0. The van der Waals surface area contributed by atoms with Crippen molar-refractivity contribution in [1.29, 1.82) is 0 Å². The molecule has 0 aliphatic rings. The van der Waals surface area contributed by atoms with Crippen molar-refractivity contribution in [3.05, 3.63) is 12.8 Å². The third-order valence-corrected chi connectivity index (χ3v) is 4.46. The monoisotopic (exact) mass is 494 g/mol. The maximum absolute atomic E-state index is 5.54. The van der Waals surface area contributed by atoms with Crippen LogP contribution < -0.4 is 0 Å². The van der Waals surface area contributed by atoms with Crippen molar-refractivity contribution in [2.75, 3.05) is 112 Å². The lowest BCUT2D eigenvalue weighted by atomic mass is 10.2. The van der Waals surface area contributed by atoms with Gasteiger partial charge >= 0.3 is 0 Å². The zero-order valence-corrected chi connectivity index (χ0v) is 21.5. The highest BCUT2D eigenvalue weighted by molar-refractivity contribution is 4.47. The number of hydrogen-bond acceptors (Lipinski definition) is 9. The van der Waals surface area contributed by atoms with Gasteiger partial charge in [-0.1, -0.05) is 39.2 Å². The van der Waals surface area contributed by atoms with E-state index in [0.717, 1.165) is 13.0 Å². The fourth-order valence-electron chi connectivity index (χ4n) is 2.64. The van der Waals surface area contributed by atoms with E-state index in [4.69, 9.17) is 42.6 Å². The van der Waals surface area contributed by atoms with Crippen molar-refractivity contribution < 1.29 is 42.6 Å². The van der Waals surface area contributed by atoms with Gasteiger partial charge in [-0.2, -0.15) is 0 Å². The summed E-state index contributed by atoms with van der Waals surface area (Å²) in [6, 6.07) is 0. The van der Waals surface area contributed by atoms with E-state index in [1.54, 1.807) is 0 Å². The molecule has 9 heteroatoms. The van der Waals surface area contributed by atoms with Gasteiger partial charge < -0.3 is 42.6 Å². The first kappa shape index (κ1) is 33.2. The van der Waals surface area contributed by atoms with Crippen molar-refractivity contribution in [2.45, 2.75) is 39.0 Å². The van der Waals surface area contributed by atoms with Crippen molar-refractivity contribution in [2.24, 2.45) is 0 Å². The predicted molar refractivity (Wildman–Crippen MR) is 131 cm³/mol. The van der Waals surface area contributed by atoms with Gasteiger partial charge in [0, 0.05) is 6.61 Å². The molecule has 0 bridgehead atoms. The summed E-state index contributed by atoms with van der Waals surface area (Å²) in [6.07, 6.45) is 7.70. The van der Waals surface area contributed by atoms with Gasteiger partial charge in [0.05, 0.1) is 105 Å². The molecule has 0 heterocycles. The molecule has 0 amide bonds. The molecular weight excluding hydrogens is 444 g/mol. The average Bonchev–Trinajstić information content (AvgIpc) is 2.85. The molecular formula is C25H50O9. The van der Waals surface area contributed by atoms with E-state index in [2.05, 4.69) is 13.5 Å². The Bertz CT molecular complexity index is 372. The Morgan fingerprint density at radius 2 is 0.676 bits per heavy atom. The molecule has 204 valence electrons. The Balaban J connectivity index is 3.00. The molecule has 0 aromatic carbocycles. The summed E-state index contributed by atoms with van der Waals surface area (Å²) in [6.45, 7) is 15.3. The third-order valence-electron chi connectivity index (χ3n) is 4.46. The lowest BCUT2D eigenvalue weighted by molar-refractivity contribution is -0.0239. The molecule has 0 radical (unpaired) electrons. The molecule has 34 heavy (non-hydrogen) atoms. The van der Waals surface area contributed by atoms with Gasteiger partial charge in [-0.05, 0) is 6.42 Å². The van der Waals surface area contributed by atoms with E-state index >= 15 is 0 Å². The van der Waals surface area contributed by atoms with Crippen LogP contribution in [-0.4, -0.2) is 112 Å². The van der Waals surface area contributed by atoms with Gasteiger partial charge in [0.25, 0.3) is 0 Å². The minimum atomic E-state index is 0.511. The number of rotatable bonds is 31. The van der Waals surface area contributed by atoms with E-state index in [-0.39, 0.29) is 0 Å². The van der Waals surface area contributed by atoms with E-state index in [1.807, 2.05) is 0 Å². The Kier molecular flexibility index (Phi) is 31.5.